The molecule has 1 aliphatic rings. The van der Waals surface area contributed by atoms with Crippen LogP contribution in [0.1, 0.15) is 29.4 Å². The monoisotopic (exact) mass is 490 g/mol. The summed E-state index contributed by atoms with van der Waals surface area (Å²) < 4.78 is 18.4. The molecule has 0 unspecified atom stereocenters. The normalized spacial score (nSPS) is 15.2. The lowest BCUT2D eigenvalue weighted by Crippen LogP contribution is -2.37. The summed E-state index contributed by atoms with van der Waals surface area (Å²) in [5.74, 6) is -2.18. The Balaban J connectivity index is 1.56. The Morgan fingerprint density at radius 1 is 1.06 bits per heavy atom. The van der Waals surface area contributed by atoms with Crippen LogP contribution in [0.15, 0.2) is 72.9 Å². The molecule has 10 heteroatoms. The fraction of sp³-hybridized carbons (Fsp3) is 0.192. The molecule has 0 radical (unpaired) electrons. The van der Waals surface area contributed by atoms with Crippen LogP contribution >= 0.6 is 0 Å². The maximum Gasteiger partial charge on any atom is 0.338 e. The molecule has 2 heterocycles. The molecule has 1 saturated heterocycles. The molecule has 2 aromatic carbocycles. The number of pyridine rings is 1. The predicted octanol–water partition coefficient (Wildman–Crippen LogP) is 3.76. The predicted molar refractivity (Wildman–Crippen MR) is 128 cm³/mol. The van der Waals surface area contributed by atoms with E-state index in [-0.39, 0.29) is 30.8 Å². The zero-order valence-corrected chi connectivity index (χ0v) is 19.4. The van der Waals surface area contributed by atoms with Gasteiger partial charge in [-0.1, -0.05) is 12.1 Å². The number of ether oxygens (including phenoxy) is 1. The Hall–Kier alpha value is -4.60. The average molecular weight is 490 g/mol. The van der Waals surface area contributed by atoms with Crippen molar-refractivity contribution in [2.45, 2.75) is 25.9 Å². The lowest BCUT2D eigenvalue weighted by atomic mass is 10.1. The molecule has 0 aliphatic carbocycles. The van der Waals surface area contributed by atoms with E-state index in [1.807, 2.05) is 0 Å². The first-order valence-electron chi connectivity index (χ1n) is 11.2. The third-order valence-electron chi connectivity index (χ3n) is 5.50. The summed E-state index contributed by atoms with van der Waals surface area (Å²) in [4.78, 5) is 57.9. The van der Waals surface area contributed by atoms with Crippen molar-refractivity contribution in [1.29, 1.82) is 0 Å². The molecule has 36 heavy (non-hydrogen) atoms. The smallest absolute Gasteiger partial charge is 0.338 e. The third kappa shape index (κ3) is 5.38. The van der Waals surface area contributed by atoms with Gasteiger partial charge < -0.3 is 15.0 Å². The Labute approximate surface area is 206 Å². The van der Waals surface area contributed by atoms with Crippen LogP contribution in [0.5, 0.6) is 0 Å². The van der Waals surface area contributed by atoms with E-state index < -0.39 is 35.7 Å². The highest BCUT2D eigenvalue weighted by Crippen LogP contribution is 2.28. The minimum atomic E-state index is -1.11. The number of benzene rings is 2. The standard InChI is InChI=1S/C26H23FN4O5/c1-2-36-25(34)17-6-5-8-19(14-17)29-23(32)15-22-24(33)31(21-11-9-18(27)10-12-21)26(35)30(22)16-20-7-3-4-13-28-20/h3-14,22H,2,15-16H2,1H3,(H,29,32)/t22-/m1/s1. The molecule has 0 spiro atoms. The van der Waals surface area contributed by atoms with Gasteiger partial charge in [-0.05, 0) is 61.5 Å². The first-order valence-corrected chi connectivity index (χ1v) is 11.2. The highest BCUT2D eigenvalue weighted by Gasteiger charge is 2.46. The fourth-order valence-corrected chi connectivity index (χ4v) is 3.83. The Morgan fingerprint density at radius 2 is 1.83 bits per heavy atom. The van der Waals surface area contributed by atoms with Gasteiger partial charge in [0.25, 0.3) is 5.91 Å². The van der Waals surface area contributed by atoms with E-state index in [1.165, 1.54) is 23.1 Å². The number of hydrogen-bond acceptors (Lipinski definition) is 6. The number of amides is 4. The van der Waals surface area contributed by atoms with E-state index >= 15 is 0 Å². The van der Waals surface area contributed by atoms with E-state index in [0.717, 1.165) is 17.0 Å². The van der Waals surface area contributed by atoms with E-state index in [1.54, 1.807) is 49.5 Å². The van der Waals surface area contributed by atoms with Crippen LogP contribution in [0, 0.1) is 5.82 Å². The lowest BCUT2D eigenvalue weighted by molar-refractivity contribution is -0.124. The molecule has 4 amide bonds. The molecule has 1 fully saturated rings. The van der Waals surface area contributed by atoms with Crippen molar-refractivity contribution in [1.82, 2.24) is 9.88 Å². The summed E-state index contributed by atoms with van der Waals surface area (Å²) in [6, 6.07) is 14.6. The molecule has 3 aromatic rings. The van der Waals surface area contributed by atoms with Gasteiger partial charge in [0.2, 0.25) is 5.91 Å². The van der Waals surface area contributed by atoms with Crippen molar-refractivity contribution in [3.8, 4) is 0 Å². The number of imide groups is 1. The fourth-order valence-electron chi connectivity index (χ4n) is 3.83. The third-order valence-corrected chi connectivity index (χ3v) is 5.50. The van der Waals surface area contributed by atoms with E-state index in [4.69, 9.17) is 4.74 Å². The summed E-state index contributed by atoms with van der Waals surface area (Å²) in [5.41, 5.74) is 1.34. The molecule has 1 atom stereocenters. The minimum Gasteiger partial charge on any atom is -0.462 e. The number of nitrogens with zero attached hydrogens (tertiary/aromatic N) is 3. The second kappa shape index (κ2) is 10.8. The van der Waals surface area contributed by atoms with E-state index in [0.29, 0.717) is 11.4 Å². The zero-order chi connectivity index (χ0) is 25.7. The molecule has 4 rings (SSSR count). The Bertz CT molecular complexity index is 1280. The molecule has 184 valence electrons. The van der Waals surface area contributed by atoms with E-state index in [2.05, 4.69) is 10.3 Å². The number of nitrogens with one attached hydrogen (secondary N) is 1. The number of hydrogen-bond donors (Lipinski definition) is 1. The number of esters is 1. The first kappa shape index (κ1) is 24.5. The summed E-state index contributed by atoms with van der Waals surface area (Å²) in [5, 5.41) is 2.67. The second-order valence-corrected chi connectivity index (χ2v) is 7.95. The summed E-state index contributed by atoms with van der Waals surface area (Å²) >= 11 is 0. The number of anilines is 2. The van der Waals surface area contributed by atoms with Crippen molar-refractivity contribution in [3.05, 3.63) is 90.0 Å². The van der Waals surface area contributed by atoms with Gasteiger partial charge in [0.1, 0.15) is 11.9 Å². The molecule has 1 aromatic heterocycles. The van der Waals surface area contributed by atoms with Crippen LogP contribution in [-0.2, 0) is 20.9 Å². The average Bonchev–Trinajstić information content (AvgIpc) is 3.09. The van der Waals surface area contributed by atoms with Crippen molar-refractivity contribution >= 4 is 35.2 Å². The first-order chi connectivity index (χ1) is 17.4. The summed E-state index contributed by atoms with van der Waals surface area (Å²) in [7, 11) is 0. The van der Waals surface area contributed by atoms with Gasteiger partial charge in [-0.2, -0.15) is 0 Å². The number of carbonyl (C=O) groups excluding carboxylic acids is 4. The molecular formula is C26H23FN4O5. The van der Waals surface area contributed by atoms with Gasteiger partial charge in [-0.25, -0.2) is 18.9 Å². The molecule has 0 saturated carbocycles. The number of aromatic nitrogens is 1. The highest BCUT2D eigenvalue weighted by molar-refractivity contribution is 6.22. The molecular weight excluding hydrogens is 467 g/mol. The van der Waals surface area contributed by atoms with Crippen LogP contribution in [0.25, 0.3) is 0 Å². The highest BCUT2D eigenvalue weighted by atomic mass is 19.1. The van der Waals surface area contributed by atoms with Gasteiger partial charge in [0.15, 0.2) is 0 Å². The molecule has 0 bridgehead atoms. The van der Waals surface area contributed by atoms with Crippen LogP contribution in [0.4, 0.5) is 20.6 Å². The topological polar surface area (TPSA) is 109 Å². The number of carbonyl (C=O) groups is 4. The lowest BCUT2D eigenvalue weighted by Gasteiger charge is -2.21. The second-order valence-electron chi connectivity index (χ2n) is 7.95. The maximum atomic E-state index is 13.4. The molecule has 1 aliphatic heterocycles. The minimum absolute atomic E-state index is 0.000597. The molecule has 9 nitrogen and oxygen atoms in total. The van der Waals surface area contributed by atoms with E-state index in [9.17, 15) is 23.6 Å². The molecule has 1 N–H and O–H groups in total. The van der Waals surface area contributed by atoms with Gasteiger partial charge in [0, 0.05) is 11.9 Å². The summed E-state index contributed by atoms with van der Waals surface area (Å²) in [6.45, 7) is 1.90. The largest absolute Gasteiger partial charge is 0.462 e. The van der Waals surface area contributed by atoms with Gasteiger partial charge >= 0.3 is 12.0 Å². The van der Waals surface area contributed by atoms with Gasteiger partial charge in [0.05, 0.1) is 36.5 Å². The van der Waals surface area contributed by atoms with Crippen molar-refractivity contribution in [2.75, 3.05) is 16.8 Å². The van der Waals surface area contributed by atoms with Crippen LogP contribution in [-0.4, -0.2) is 46.3 Å². The van der Waals surface area contributed by atoms with Gasteiger partial charge in [-0.3, -0.25) is 14.6 Å². The van der Waals surface area contributed by atoms with Crippen LogP contribution in [0.2, 0.25) is 0 Å². The van der Waals surface area contributed by atoms with Crippen molar-refractivity contribution in [3.63, 3.8) is 0 Å². The summed E-state index contributed by atoms with van der Waals surface area (Å²) in [6.07, 6.45) is 1.23. The zero-order valence-electron chi connectivity index (χ0n) is 19.4. The van der Waals surface area contributed by atoms with Crippen LogP contribution in [0.3, 0.4) is 0 Å². The van der Waals surface area contributed by atoms with Crippen molar-refractivity contribution in [2.24, 2.45) is 0 Å². The van der Waals surface area contributed by atoms with Crippen LogP contribution < -0.4 is 10.2 Å². The maximum absolute atomic E-state index is 13.4. The number of halogens is 1. The van der Waals surface area contributed by atoms with Gasteiger partial charge in [-0.15, -0.1) is 0 Å². The number of rotatable bonds is 8. The number of urea groups is 1. The Kier molecular flexibility index (Phi) is 7.33. The Morgan fingerprint density at radius 3 is 2.53 bits per heavy atom. The van der Waals surface area contributed by atoms with Crippen molar-refractivity contribution < 1.29 is 28.3 Å². The SMILES string of the molecule is CCOC(=O)c1cccc(NC(=O)C[C@@H]2C(=O)N(c3ccc(F)cc3)C(=O)N2Cc2ccccn2)c1. The quantitative estimate of drug-likeness (QED) is 0.380.